The maximum absolute atomic E-state index is 12.1. The van der Waals surface area contributed by atoms with E-state index in [0.717, 1.165) is 10.4 Å². The minimum atomic E-state index is -0.347. The van der Waals surface area contributed by atoms with Gasteiger partial charge in [0, 0.05) is 28.1 Å². The molecule has 28 heavy (non-hydrogen) atoms. The number of aldehydes is 1. The highest BCUT2D eigenvalue weighted by Gasteiger charge is 2.11. The molecule has 0 saturated carbocycles. The van der Waals surface area contributed by atoms with Crippen LogP contribution in [-0.2, 0) is 11.2 Å². The number of aromatic nitrogens is 1. The molecule has 0 spiro atoms. The molecule has 6 nitrogen and oxygen atoms in total. The van der Waals surface area contributed by atoms with Crippen LogP contribution in [0, 0.1) is 0 Å². The summed E-state index contributed by atoms with van der Waals surface area (Å²) >= 11 is 7.56. The van der Waals surface area contributed by atoms with E-state index in [2.05, 4.69) is 10.3 Å². The van der Waals surface area contributed by atoms with Crippen LogP contribution in [-0.4, -0.2) is 30.9 Å². The number of methoxy groups -OCH3 is 1. The van der Waals surface area contributed by atoms with Crippen LogP contribution < -0.4 is 14.8 Å². The number of nitrogens with one attached hydrogen (secondary N) is 1. The molecule has 0 bridgehead atoms. The average molecular weight is 417 g/mol. The van der Waals surface area contributed by atoms with Crippen LogP contribution in [0.25, 0.3) is 0 Å². The van der Waals surface area contributed by atoms with Crippen molar-refractivity contribution in [1.29, 1.82) is 0 Å². The second-order valence-electron chi connectivity index (χ2n) is 5.76. The number of amides is 1. The van der Waals surface area contributed by atoms with Crippen LogP contribution in [0.15, 0.2) is 48.7 Å². The molecule has 0 saturated heterocycles. The van der Waals surface area contributed by atoms with Crippen molar-refractivity contribution in [1.82, 2.24) is 4.98 Å². The summed E-state index contributed by atoms with van der Waals surface area (Å²) in [5.41, 5.74) is 1.46. The van der Waals surface area contributed by atoms with Crippen molar-refractivity contribution in [2.45, 2.75) is 6.42 Å². The topological polar surface area (TPSA) is 77.5 Å². The predicted molar refractivity (Wildman–Crippen MR) is 109 cm³/mol. The summed E-state index contributed by atoms with van der Waals surface area (Å²) in [6.07, 6.45) is 3.07. The molecular weight excluding hydrogens is 400 g/mol. The Hall–Kier alpha value is -2.90. The SMILES string of the molecule is COc1cc(C=O)ccc1OCC(=O)Nc1ncc(Cc2ccccc2Cl)s1. The van der Waals surface area contributed by atoms with Gasteiger partial charge in [-0.3, -0.25) is 14.9 Å². The van der Waals surface area contributed by atoms with Gasteiger partial charge in [-0.25, -0.2) is 4.98 Å². The molecule has 1 heterocycles. The lowest BCUT2D eigenvalue weighted by molar-refractivity contribution is -0.118. The van der Waals surface area contributed by atoms with Gasteiger partial charge in [-0.05, 0) is 29.8 Å². The first kappa shape index (κ1) is 19.9. The Kier molecular flexibility index (Phi) is 6.62. The maximum Gasteiger partial charge on any atom is 0.264 e. The number of rotatable bonds is 8. The quantitative estimate of drug-likeness (QED) is 0.556. The summed E-state index contributed by atoms with van der Waals surface area (Å²) in [6, 6.07) is 12.3. The van der Waals surface area contributed by atoms with Crippen molar-refractivity contribution in [3.8, 4) is 11.5 Å². The molecule has 2 aromatic carbocycles. The molecule has 3 aromatic rings. The number of anilines is 1. The van der Waals surface area contributed by atoms with Crippen LogP contribution in [0.1, 0.15) is 20.8 Å². The molecule has 0 unspecified atom stereocenters. The number of ether oxygens (including phenoxy) is 2. The Morgan fingerprint density at radius 3 is 2.82 bits per heavy atom. The fourth-order valence-corrected chi connectivity index (χ4v) is 3.51. The van der Waals surface area contributed by atoms with Gasteiger partial charge in [0.05, 0.1) is 7.11 Å². The first-order valence-corrected chi connectivity index (χ1v) is 9.52. The number of halogens is 1. The lowest BCUT2D eigenvalue weighted by Gasteiger charge is -2.10. The first-order chi connectivity index (χ1) is 13.6. The molecule has 0 atom stereocenters. The third-order valence-electron chi connectivity index (χ3n) is 3.80. The monoisotopic (exact) mass is 416 g/mol. The van der Waals surface area contributed by atoms with Crippen molar-refractivity contribution < 1.29 is 19.1 Å². The molecule has 1 aromatic heterocycles. The van der Waals surface area contributed by atoms with Gasteiger partial charge in [0.1, 0.15) is 6.29 Å². The molecule has 1 amide bonds. The van der Waals surface area contributed by atoms with Crippen molar-refractivity contribution in [3.05, 3.63) is 69.7 Å². The van der Waals surface area contributed by atoms with E-state index in [9.17, 15) is 9.59 Å². The summed E-state index contributed by atoms with van der Waals surface area (Å²) < 4.78 is 10.7. The van der Waals surface area contributed by atoms with Gasteiger partial charge in [-0.15, -0.1) is 11.3 Å². The highest BCUT2D eigenvalue weighted by Crippen LogP contribution is 2.28. The highest BCUT2D eigenvalue weighted by molar-refractivity contribution is 7.15. The smallest absolute Gasteiger partial charge is 0.264 e. The van der Waals surface area contributed by atoms with Crippen LogP contribution in [0.2, 0.25) is 5.02 Å². The average Bonchev–Trinajstić information content (AvgIpc) is 3.14. The van der Waals surface area contributed by atoms with Crippen LogP contribution in [0.3, 0.4) is 0 Å². The molecule has 144 valence electrons. The molecule has 0 aliphatic heterocycles. The third kappa shape index (κ3) is 5.09. The highest BCUT2D eigenvalue weighted by atomic mass is 35.5. The van der Waals surface area contributed by atoms with Gasteiger partial charge < -0.3 is 9.47 Å². The minimum absolute atomic E-state index is 0.212. The van der Waals surface area contributed by atoms with Crippen molar-refractivity contribution in [2.75, 3.05) is 19.0 Å². The van der Waals surface area contributed by atoms with E-state index in [-0.39, 0.29) is 12.5 Å². The second kappa shape index (κ2) is 9.34. The zero-order chi connectivity index (χ0) is 19.9. The Morgan fingerprint density at radius 1 is 1.25 bits per heavy atom. The lowest BCUT2D eigenvalue weighted by atomic mass is 10.1. The number of benzene rings is 2. The second-order valence-corrected chi connectivity index (χ2v) is 7.29. The molecule has 0 radical (unpaired) electrons. The van der Waals surface area contributed by atoms with E-state index < -0.39 is 0 Å². The summed E-state index contributed by atoms with van der Waals surface area (Å²) in [5.74, 6) is 0.413. The molecule has 0 aliphatic rings. The van der Waals surface area contributed by atoms with Gasteiger partial charge in [-0.2, -0.15) is 0 Å². The number of hydrogen-bond acceptors (Lipinski definition) is 6. The molecule has 1 N–H and O–H groups in total. The summed E-state index contributed by atoms with van der Waals surface area (Å²) in [6.45, 7) is -0.212. The van der Waals surface area contributed by atoms with Gasteiger partial charge in [0.25, 0.3) is 5.91 Å². The molecule has 0 aliphatic carbocycles. The lowest BCUT2D eigenvalue weighted by Crippen LogP contribution is -2.20. The fraction of sp³-hybridized carbons (Fsp3) is 0.150. The van der Waals surface area contributed by atoms with E-state index in [1.165, 1.54) is 18.4 Å². The van der Waals surface area contributed by atoms with Crippen molar-refractivity contribution in [3.63, 3.8) is 0 Å². The molecule has 8 heteroatoms. The predicted octanol–water partition coefficient (Wildman–Crippen LogP) is 4.23. The zero-order valence-electron chi connectivity index (χ0n) is 15.0. The van der Waals surface area contributed by atoms with Crippen molar-refractivity contribution >= 4 is 40.3 Å². The van der Waals surface area contributed by atoms with Gasteiger partial charge in [0.2, 0.25) is 0 Å². The van der Waals surface area contributed by atoms with Gasteiger partial charge in [0.15, 0.2) is 23.2 Å². The summed E-state index contributed by atoms with van der Waals surface area (Å²) in [5, 5.41) is 3.89. The Balaban J connectivity index is 1.56. The van der Waals surface area contributed by atoms with Gasteiger partial charge in [-0.1, -0.05) is 29.8 Å². The zero-order valence-corrected chi connectivity index (χ0v) is 16.5. The van der Waals surface area contributed by atoms with Gasteiger partial charge >= 0.3 is 0 Å². The molecule has 0 fully saturated rings. The van der Waals surface area contributed by atoms with Crippen LogP contribution in [0.5, 0.6) is 11.5 Å². The first-order valence-electron chi connectivity index (χ1n) is 8.33. The van der Waals surface area contributed by atoms with E-state index in [1.807, 2.05) is 24.3 Å². The summed E-state index contributed by atoms with van der Waals surface area (Å²) in [7, 11) is 1.47. The standard InChI is InChI=1S/C20H17ClN2O4S/c1-26-18-8-13(11-24)6-7-17(18)27-12-19(25)23-20-22-10-15(28-20)9-14-4-2-3-5-16(14)21/h2-8,10-11H,9,12H2,1H3,(H,22,23,25). The van der Waals surface area contributed by atoms with E-state index >= 15 is 0 Å². The third-order valence-corrected chi connectivity index (χ3v) is 5.09. The molecular formula is C20H17ClN2O4S. The van der Waals surface area contributed by atoms with Crippen molar-refractivity contribution in [2.24, 2.45) is 0 Å². The Labute approximate surface area is 171 Å². The summed E-state index contributed by atoms with van der Waals surface area (Å²) in [4.78, 5) is 28.2. The molecule has 3 rings (SSSR count). The van der Waals surface area contributed by atoms with E-state index in [4.69, 9.17) is 21.1 Å². The fourth-order valence-electron chi connectivity index (χ4n) is 2.45. The van der Waals surface area contributed by atoms with Crippen LogP contribution in [0.4, 0.5) is 5.13 Å². The number of hydrogen-bond donors (Lipinski definition) is 1. The number of nitrogens with zero attached hydrogens (tertiary/aromatic N) is 1. The largest absolute Gasteiger partial charge is 0.493 e. The van der Waals surface area contributed by atoms with E-state index in [0.29, 0.717) is 39.9 Å². The number of carbonyl (C=O) groups is 2. The number of thiazole rings is 1. The Morgan fingerprint density at radius 2 is 2.07 bits per heavy atom. The number of carbonyl (C=O) groups excluding carboxylic acids is 2. The minimum Gasteiger partial charge on any atom is -0.493 e. The normalized spacial score (nSPS) is 10.4. The van der Waals surface area contributed by atoms with E-state index in [1.54, 1.807) is 24.4 Å². The Bertz CT molecular complexity index is 990. The van der Waals surface area contributed by atoms with Crippen LogP contribution >= 0.6 is 22.9 Å². The maximum atomic E-state index is 12.1.